The molecule has 2 atom stereocenters. The van der Waals surface area contributed by atoms with E-state index in [4.69, 9.17) is 0 Å². The normalized spacial score (nSPS) is 20.6. The van der Waals surface area contributed by atoms with Crippen molar-refractivity contribution in [1.29, 1.82) is 0 Å². The van der Waals surface area contributed by atoms with Crippen LogP contribution in [0.4, 0.5) is 0 Å². The fraction of sp³-hybridized carbons (Fsp3) is 0.611. The van der Waals surface area contributed by atoms with Gasteiger partial charge in [0.1, 0.15) is 0 Å². The van der Waals surface area contributed by atoms with E-state index in [-0.39, 0.29) is 11.9 Å². The number of amides is 1. The van der Waals surface area contributed by atoms with E-state index in [0.717, 1.165) is 37.2 Å². The molecule has 0 bridgehead atoms. The Morgan fingerprint density at radius 3 is 2.68 bits per heavy atom. The summed E-state index contributed by atoms with van der Waals surface area (Å²) in [6.45, 7) is 3.86. The summed E-state index contributed by atoms with van der Waals surface area (Å²) in [5.74, 6) is 0.509. The molecular formula is C18H28N6O. The molecule has 3 heterocycles. The van der Waals surface area contributed by atoms with E-state index in [0.29, 0.717) is 12.3 Å². The molecule has 0 saturated carbocycles. The van der Waals surface area contributed by atoms with Crippen LogP contribution in [0.1, 0.15) is 35.7 Å². The van der Waals surface area contributed by atoms with Crippen LogP contribution in [0.2, 0.25) is 0 Å². The van der Waals surface area contributed by atoms with Crippen LogP contribution in [0.5, 0.6) is 0 Å². The highest BCUT2D eigenvalue weighted by Crippen LogP contribution is 2.37. The van der Waals surface area contributed by atoms with Crippen molar-refractivity contribution < 1.29 is 4.79 Å². The minimum atomic E-state index is 0.118. The molecule has 2 aromatic rings. The first-order chi connectivity index (χ1) is 12.0. The molecule has 25 heavy (non-hydrogen) atoms. The maximum absolute atomic E-state index is 12.2. The number of hydrogen-bond acceptors (Lipinski definition) is 4. The van der Waals surface area contributed by atoms with Crippen LogP contribution >= 0.6 is 0 Å². The molecule has 0 aliphatic carbocycles. The highest BCUT2D eigenvalue weighted by molar-refractivity contribution is 5.79. The summed E-state index contributed by atoms with van der Waals surface area (Å²) >= 11 is 0. The molecule has 1 aliphatic rings. The molecule has 1 aliphatic heterocycles. The van der Waals surface area contributed by atoms with Crippen molar-refractivity contribution in [2.24, 2.45) is 20.0 Å². The summed E-state index contributed by atoms with van der Waals surface area (Å²) < 4.78 is 3.72. The van der Waals surface area contributed by atoms with Gasteiger partial charge in [0.25, 0.3) is 0 Å². The van der Waals surface area contributed by atoms with Crippen molar-refractivity contribution in [3.05, 3.63) is 35.4 Å². The molecule has 1 fully saturated rings. The van der Waals surface area contributed by atoms with Crippen molar-refractivity contribution in [3.63, 3.8) is 0 Å². The van der Waals surface area contributed by atoms with E-state index in [1.54, 1.807) is 0 Å². The van der Waals surface area contributed by atoms with Gasteiger partial charge in [-0.3, -0.25) is 14.2 Å². The largest absolute Gasteiger partial charge is 0.338 e. The molecule has 7 heteroatoms. The minimum Gasteiger partial charge on any atom is -0.338 e. The summed E-state index contributed by atoms with van der Waals surface area (Å²) in [4.78, 5) is 14.1. The van der Waals surface area contributed by atoms with Gasteiger partial charge in [-0.25, -0.2) is 0 Å². The maximum atomic E-state index is 12.2. The highest BCUT2D eigenvalue weighted by Gasteiger charge is 2.39. The van der Waals surface area contributed by atoms with Gasteiger partial charge >= 0.3 is 0 Å². The predicted molar refractivity (Wildman–Crippen MR) is 96.0 cm³/mol. The van der Waals surface area contributed by atoms with Gasteiger partial charge in [0.2, 0.25) is 5.91 Å². The third-order valence-electron chi connectivity index (χ3n) is 5.27. The number of nitrogens with zero attached hydrogens (tertiary/aromatic N) is 5. The minimum absolute atomic E-state index is 0.118. The number of rotatable bonds is 7. The average Bonchev–Trinajstić information content (AvgIpc) is 3.21. The Kier molecular flexibility index (Phi) is 5.22. The van der Waals surface area contributed by atoms with Gasteiger partial charge in [0.15, 0.2) is 0 Å². The number of carbonyl (C=O) groups excluding carboxylic acids is 1. The lowest BCUT2D eigenvalue weighted by Gasteiger charge is -2.25. The highest BCUT2D eigenvalue weighted by atomic mass is 16.2. The predicted octanol–water partition coefficient (Wildman–Crippen LogP) is 1.20. The zero-order chi connectivity index (χ0) is 18.0. The molecule has 1 saturated heterocycles. The monoisotopic (exact) mass is 344 g/mol. The van der Waals surface area contributed by atoms with Crippen LogP contribution in [-0.4, -0.2) is 50.5 Å². The Morgan fingerprint density at radius 1 is 1.24 bits per heavy atom. The zero-order valence-corrected chi connectivity index (χ0v) is 15.6. The van der Waals surface area contributed by atoms with Crippen molar-refractivity contribution in [1.82, 2.24) is 29.8 Å². The standard InChI is InChI=1S/C18H28N6O/c1-13-16(11-21-24(13)4)18-15(8-17(25)23(18)3)10-19-7-5-6-14-9-20-22(2)12-14/h9,11-12,15,18-19H,5-8,10H2,1-4H3/t15-,18+/m1/s1. The zero-order valence-electron chi connectivity index (χ0n) is 15.6. The van der Waals surface area contributed by atoms with E-state index < -0.39 is 0 Å². The maximum Gasteiger partial charge on any atom is 0.223 e. The Hall–Kier alpha value is -2.15. The molecule has 0 spiro atoms. The van der Waals surface area contributed by atoms with E-state index in [9.17, 15) is 4.79 Å². The average molecular weight is 344 g/mol. The van der Waals surface area contributed by atoms with Gasteiger partial charge in [-0.1, -0.05) is 0 Å². The summed E-state index contributed by atoms with van der Waals surface area (Å²) in [6, 6.07) is 0.118. The third kappa shape index (κ3) is 3.76. The lowest BCUT2D eigenvalue weighted by atomic mass is 9.94. The number of hydrogen-bond donors (Lipinski definition) is 1. The first-order valence-corrected chi connectivity index (χ1v) is 8.89. The Morgan fingerprint density at radius 2 is 2.04 bits per heavy atom. The number of likely N-dealkylation sites (tertiary alicyclic amines) is 1. The van der Waals surface area contributed by atoms with Crippen molar-refractivity contribution in [2.45, 2.75) is 32.2 Å². The second-order valence-electron chi connectivity index (χ2n) is 7.05. The van der Waals surface area contributed by atoms with Gasteiger partial charge in [0, 0.05) is 57.5 Å². The van der Waals surface area contributed by atoms with E-state index in [1.165, 1.54) is 5.56 Å². The number of aryl methyl sites for hydroxylation is 3. The van der Waals surface area contributed by atoms with Crippen LogP contribution in [-0.2, 0) is 25.3 Å². The topological polar surface area (TPSA) is 68.0 Å². The lowest BCUT2D eigenvalue weighted by Crippen LogP contribution is -2.30. The van der Waals surface area contributed by atoms with Gasteiger partial charge < -0.3 is 10.2 Å². The Labute approximate surface area is 149 Å². The van der Waals surface area contributed by atoms with Crippen LogP contribution < -0.4 is 5.32 Å². The molecule has 3 rings (SSSR count). The lowest BCUT2D eigenvalue weighted by molar-refractivity contribution is -0.127. The molecule has 7 nitrogen and oxygen atoms in total. The van der Waals surface area contributed by atoms with E-state index in [1.807, 2.05) is 47.8 Å². The van der Waals surface area contributed by atoms with E-state index >= 15 is 0 Å². The fourth-order valence-corrected chi connectivity index (χ4v) is 3.71. The van der Waals surface area contributed by atoms with Crippen LogP contribution in [0.25, 0.3) is 0 Å². The van der Waals surface area contributed by atoms with Crippen molar-refractivity contribution in [3.8, 4) is 0 Å². The molecule has 0 radical (unpaired) electrons. The summed E-state index contributed by atoms with van der Waals surface area (Å²) in [7, 11) is 5.79. The first-order valence-electron chi connectivity index (χ1n) is 8.89. The Balaban J connectivity index is 1.53. The van der Waals surface area contributed by atoms with Crippen LogP contribution in [0.15, 0.2) is 18.6 Å². The number of nitrogens with one attached hydrogen (secondary N) is 1. The Bertz CT molecular complexity index is 734. The quantitative estimate of drug-likeness (QED) is 0.767. The fourth-order valence-electron chi connectivity index (χ4n) is 3.71. The molecular weight excluding hydrogens is 316 g/mol. The van der Waals surface area contributed by atoms with Gasteiger partial charge in [-0.2, -0.15) is 10.2 Å². The smallest absolute Gasteiger partial charge is 0.223 e. The third-order valence-corrected chi connectivity index (χ3v) is 5.27. The first kappa shape index (κ1) is 17.7. The van der Waals surface area contributed by atoms with Gasteiger partial charge in [0.05, 0.1) is 18.4 Å². The van der Waals surface area contributed by atoms with Gasteiger partial charge in [-0.05, 0) is 31.9 Å². The van der Waals surface area contributed by atoms with Crippen molar-refractivity contribution in [2.75, 3.05) is 20.1 Å². The van der Waals surface area contributed by atoms with Crippen LogP contribution in [0, 0.1) is 12.8 Å². The number of carbonyl (C=O) groups is 1. The molecule has 2 aromatic heterocycles. The summed E-state index contributed by atoms with van der Waals surface area (Å²) in [6.07, 6.45) is 8.58. The van der Waals surface area contributed by atoms with Crippen LogP contribution in [0.3, 0.4) is 0 Å². The van der Waals surface area contributed by atoms with Crippen molar-refractivity contribution >= 4 is 5.91 Å². The molecule has 1 N–H and O–H groups in total. The SMILES string of the molecule is Cc1c([C@@H]2[C@@H](CNCCCc3cnn(C)c3)CC(=O)N2C)cnn1C. The van der Waals surface area contributed by atoms with Gasteiger partial charge in [-0.15, -0.1) is 0 Å². The molecule has 0 aromatic carbocycles. The molecule has 136 valence electrons. The second kappa shape index (κ2) is 7.39. The molecule has 1 amide bonds. The summed E-state index contributed by atoms with van der Waals surface area (Å²) in [5.41, 5.74) is 3.56. The second-order valence-corrected chi connectivity index (χ2v) is 7.05. The van der Waals surface area contributed by atoms with E-state index in [2.05, 4.69) is 28.6 Å². The summed E-state index contributed by atoms with van der Waals surface area (Å²) in [5, 5.41) is 12.1. The molecule has 0 unspecified atom stereocenters. The number of aromatic nitrogens is 4.